The van der Waals surface area contributed by atoms with Crippen molar-refractivity contribution >= 4 is 33.2 Å². The molecular formula is C23H24BrNO5. The zero-order chi connectivity index (χ0) is 22.0. The van der Waals surface area contributed by atoms with E-state index < -0.39 is 10.8 Å². The Morgan fingerprint density at radius 2 is 1.47 bits per heavy atom. The van der Waals surface area contributed by atoms with E-state index in [9.17, 15) is 19.7 Å². The maximum absolute atomic E-state index is 13.2. The molecule has 158 valence electrons. The van der Waals surface area contributed by atoms with Crippen LogP contribution >= 0.6 is 15.9 Å². The molecule has 1 heterocycles. The van der Waals surface area contributed by atoms with E-state index in [1.807, 2.05) is 27.7 Å². The first kappa shape index (κ1) is 21.0. The van der Waals surface area contributed by atoms with Gasteiger partial charge in [0.15, 0.2) is 11.6 Å². The number of halogens is 1. The van der Waals surface area contributed by atoms with E-state index in [0.29, 0.717) is 58.4 Å². The highest BCUT2D eigenvalue weighted by atomic mass is 79.9. The normalized spacial score (nSPS) is 23.1. The van der Waals surface area contributed by atoms with Crippen molar-refractivity contribution in [2.45, 2.75) is 59.3 Å². The van der Waals surface area contributed by atoms with Crippen molar-refractivity contribution in [2.75, 3.05) is 0 Å². The number of hydrogen-bond donors (Lipinski definition) is 0. The molecule has 30 heavy (non-hydrogen) atoms. The Kier molecular flexibility index (Phi) is 4.80. The lowest BCUT2D eigenvalue weighted by atomic mass is 9.65. The monoisotopic (exact) mass is 473 g/mol. The summed E-state index contributed by atoms with van der Waals surface area (Å²) in [5.41, 5.74) is 0.983. The molecule has 0 amide bonds. The fourth-order valence-corrected chi connectivity index (χ4v) is 5.25. The number of carbonyl (C=O) groups is 2. The Balaban J connectivity index is 1.94. The van der Waals surface area contributed by atoms with Crippen LogP contribution < -0.4 is 0 Å². The summed E-state index contributed by atoms with van der Waals surface area (Å²) >= 11 is 3.22. The second kappa shape index (κ2) is 6.87. The molecule has 2 aliphatic carbocycles. The van der Waals surface area contributed by atoms with Gasteiger partial charge in [-0.2, -0.15) is 0 Å². The van der Waals surface area contributed by atoms with Crippen molar-refractivity contribution in [3.05, 3.63) is 61.0 Å². The van der Waals surface area contributed by atoms with Crippen LogP contribution in [0.4, 0.5) is 5.69 Å². The number of carbonyl (C=O) groups excluding carboxylic acids is 2. The van der Waals surface area contributed by atoms with Gasteiger partial charge in [0.05, 0.1) is 9.40 Å². The third kappa shape index (κ3) is 3.53. The Morgan fingerprint density at radius 3 is 1.93 bits per heavy atom. The molecule has 3 aliphatic rings. The Labute approximate surface area is 183 Å². The summed E-state index contributed by atoms with van der Waals surface area (Å²) in [5.74, 6) is 0.483. The van der Waals surface area contributed by atoms with Gasteiger partial charge in [-0.25, -0.2) is 0 Å². The van der Waals surface area contributed by atoms with Gasteiger partial charge < -0.3 is 4.74 Å². The molecule has 0 bridgehead atoms. The Morgan fingerprint density at radius 1 is 0.967 bits per heavy atom. The smallest absolute Gasteiger partial charge is 0.283 e. The van der Waals surface area contributed by atoms with Gasteiger partial charge in [-0.1, -0.05) is 33.8 Å². The summed E-state index contributed by atoms with van der Waals surface area (Å²) < 4.78 is 6.59. The summed E-state index contributed by atoms with van der Waals surface area (Å²) in [7, 11) is 0. The Hall–Kier alpha value is -2.28. The van der Waals surface area contributed by atoms with E-state index >= 15 is 0 Å². The average molecular weight is 474 g/mol. The van der Waals surface area contributed by atoms with E-state index in [4.69, 9.17) is 4.74 Å². The maximum atomic E-state index is 13.2. The maximum Gasteiger partial charge on any atom is 0.283 e. The molecule has 1 aromatic carbocycles. The molecule has 0 spiro atoms. The number of ketones is 2. The molecule has 1 aliphatic heterocycles. The first-order valence-corrected chi connectivity index (χ1v) is 10.8. The molecule has 6 nitrogen and oxygen atoms in total. The van der Waals surface area contributed by atoms with Gasteiger partial charge in [-0.3, -0.25) is 19.7 Å². The summed E-state index contributed by atoms with van der Waals surface area (Å²) in [6, 6.07) is 4.83. The van der Waals surface area contributed by atoms with Gasteiger partial charge in [0, 0.05) is 48.8 Å². The minimum Gasteiger partial charge on any atom is -0.465 e. The first-order valence-electron chi connectivity index (χ1n) is 10.0. The highest BCUT2D eigenvalue weighted by molar-refractivity contribution is 9.10. The fraction of sp³-hybridized carbons (Fsp3) is 0.478. The van der Waals surface area contributed by atoms with E-state index in [0.717, 1.165) is 0 Å². The van der Waals surface area contributed by atoms with Gasteiger partial charge >= 0.3 is 0 Å². The molecule has 0 radical (unpaired) electrons. The number of ether oxygens (including phenoxy) is 1. The molecular weight excluding hydrogens is 450 g/mol. The molecule has 7 heteroatoms. The summed E-state index contributed by atoms with van der Waals surface area (Å²) in [5, 5.41) is 11.5. The molecule has 0 fully saturated rings. The molecule has 0 unspecified atom stereocenters. The molecule has 0 saturated carbocycles. The molecule has 0 N–H and O–H groups in total. The number of nitrogens with zero attached hydrogens (tertiary/aromatic N) is 1. The third-order valence-electron chi connectivity index (χ3n) is 6.08. The van der Waals surface area contributed by atoms with Crippen LogP contribution in [-0.4, -0.2) is 16.5 Å². The van der Waals surface area contributed by atoms with Crippen molar-refractivity contribution in [1.82, 2.24) is 0 Å². The van der Waals surface area contributed by atoms with E-state index in [1.54, 1.807) is 12.1 Å². The molecule has 0 saturated heterocycles. The largest absolute Gasteiger partial charge is 0.465 e. The zero-order valence-electron chi connectivity index (χ0n) is 17.5. The minimum absolute atomic E-state index is 0.0546. The van der Waals surface area contributed by atoms with E-state index in [2.05, 4.69) is 15.9 Å². The standard InChI is InChI=1S/C23H24BrNO5/c1-22(2)8-15(26)20-17(10-22)30-18-11-23(3,4)9-16(27)21(18)19(20)12-5-6-13(24)14(7-12)25(28)29/h5-7,19H,8-11H2,1-4H3. The van der Waals surface area contributed by atoms with Crippen LogP contribution in [0.3, 0.4) is 0 Å². The van der Waals surface area contributed by atoms with Crippen LogP contribution in [0.15, 0.2) is 45.3 Å². The van der Waals surface area contributed by atoms with E-state index in [1.165, 1.54) is 6.07 Å². The van der Waals surface area contributed by atoms with Crippen molar-refractivity contribution in [1.29, 1.82) is 0 Å². The van der Waals surface area contributed by atoms with Crippen LogP contribution in [0.1, 0.15) is 64.9 Å². The predicted octanol–water partition coefficient (Wildman–Crippen LogP) is 5.76. The lowest BCUT2D eigenvalue weighted by molar-refractivity contribution is -0.385. The van der Waals surface area contributed by atoms with Crippen molar-refractivity contribution < 1.29 is 19.2 Å². The van der Waals surface area contributed by atoms with E-state index in [-0.39, 0.29) is 28.1 Å². The van der Waals surface area contributed by atoms with Crippen LogP contribution in [0.25, 0.3) is 0 Å². The second-order valence-electron chi connectivity index (χ2n) is 10.1. The predicted molar refractivity (Wildman–Crippen MR) is 115 cm³/mol. The quantitative estimate of drug-likeness (QED) is 0.402. The number of nitro benzene ring substituents is 1. The molecule has 0 aromatic heterocycles. The average Bonchev–Trinajstić information content (AvgIpc) is 2.57. The lowest BCUT2D eigenvalue weighted by Gasteiger charge is -2.42. The zero-order valence-corrected chi connectivity index (χ0v) is 19.1. The fourth-order valence-electron chi connectivity index (χ4n) is 4.86. The molecule has 4 rings (SSSR count). The topological polar surface area (TPSA) is 86.5 Å². The van der Waals surface area contributed by atoms with Crippen LogP contribution in [0.5, 0.6) is 0 Å². The number of nitro groups is 1. The second-order valence-corrected chi connectivity index (χ2v) is 10.9. The third-order valence-corrected chi connectivity index (χ3v) is 6.75. The number of Topliss-reactive ketones (excluding diaryl/α,β-unsaturated/α-hetero) is 2. The van der Waals surface area contributed by atoms with Crippen molar-refractivity contribution in [3.8, 4) is 0 Å². The number of allylic oxidation sites excluding steroid dienone is 4. The van der Waals surface area contributed by atoms with Gasteiger partial charge in [0.25, 0.3) is 5.69 Å². The summed E-state index contributed by atoms with van der Waals surface area (Å²) in [6.07, 6.45) is 1.89. The number of hydrogen-bond acceptors (Lipinski definition) is 5. The minimum atomic E-state index is -0.622. The van der Waals surface area contributed by atoms with Crippen LogP contribution in [-0.2, 0) is 14.3 Å². The SMILES string of the molecule is CC1(C)CC(=O)C2=C(C1)OC1=C(C(=O)CC(C)(C)C1)C2c1ccc(Br)c([N+](=O)[O-])c1. The number of rotatable bonds is 2. The summed E-state index contributed by atoms with van der Waals surface area (Å²) in [6.45, 7) is 8.10. The van der Waals surface area contributed by atoms with Gasteiger partial charge in [0.1, 0.15) is 11.5 Å². The van der Waals surface area contributed by atoms with Gasteiger partial charge in [-0.05, 0) is 38.4 Å². The van der Waals surface area contributed by atoms with Gasteiger partial charge in [-0.15, -0.1) is 0 Å². The molecule has 1 aromatic rings. The summed E-state index contributed by atoms with van der Waals surface area (Å²) in [4.78, 5) is 37.5. The molecule has 0 atom stereocenters. The van der Waals surface area contributed by atoms with Crippen molar-refractivity contribution in [2.24, 2.45) is 10.8 Å². The van der Waals surface area contributed by atoms with Crippen LogP contribution in [0, 0.1) is 20.9 Å². The highest BCUT2D eigenvalue weighted by Gasteiger charge is 2.48. The number of benzene rings is 1. The van der Waals surface area contributed by atoms with Crippen molar-refractivity contribution in [3.63, 3.8) is 0 Å². The first-order chi connectivity index (χ1) is 13.9. The Bertz CT molecular complexity index is 1010. The lowest BCUT2D eigenvalue weighted by Crippen LogP contribution is -2.37. The highest BCUT2D eigenvalue weighted by Crippen LogP contribution is 2.53. The van der Waals surface area contributed by atoms with Crippen LogP contribution in [0.2, 0.25) is 0 Å². The van der Waals surface area contributed by atoms with Gasteiger partial charge in [0.2, 0.25) is 0 Å².